The number of hydrogen-bond donors (Lipinski definition) is 1. The molecule has 0 aliphatic rings. The van der Waals surface area contributed by atoms with Gasteiger partial charge in [-0.05, 0) is 18.1 Å². The third kappa shape index (κ3) is 2.59. The Morgan fingerprint density at radius 3 is 2.83 bits per heavy atom. The van der Waals surface area contributed by atoms with Gasteiger partial charge in [0.05, 0.1) is 0 Å². The zero-order valence-electron chi connectivity index (χ0n) is 10.5. The van der Waals surface area contributed by atoms with Gasteiger partial charge in [0.1, 0.15) is 17.0 Å². The van der Waals surface area contributed by atoms with Crippen molar-refractivity contribution >= 4 is 16.8 Å². The standard InChI is InChI=1S/C14H16N2O2/c1-9(2)8-16-13(15)11-7-10-5-3-4-6-12(10)18-14(11)17/h3-7,9H,8H2,1-2H3,(H2,15,16). The molecule has 0 bridgehead atoms. The lowest BCUT2D eigenvalue weighted by molar-refractivity contribution is 0.559. The van der Waals surface area contributed by atoms with Crippen molar-refractivity contribution in [3.05, 3.63) is 46.3 Å². The zero-order valence-corrected chi connectivity index (χ0v) is 10.5. The van der Waals surface area contributed by atoms with Crippen LogP contribution in [0.25, 0.3) is 11.0 Å². The summed E-state index contributed by atoms with van der Waals surface area (Å²) in [6, 6.07) is 9.05. The number of para-hydroxylation sites is 1. The van der Waals surface area contributed by atoms with Crippen LogP contribution < -0.4 is 11.4 Å². The van der Waals surface area contributed by atoms with Crippen LogP contribution in [-0.2, 0) is 0 Å². The van der Waals surface area contributed by atoms with Gasteiger partial charge in [-0.15, -0.1) is 0 Å². The largest absolute Gasteiger partial charge is 0.422 e. The second-order valence-corrected chi connectivity index (χ2v) is 4.61. The van der Waals surface area contributed by atoms with E-state index in [4.69, 9.17) is 10.2 Å². The molecule has 0 fully saturated rings. The molecule has 94 valence electrons. The van der Waals surface area contributed by atoms with Crippen molar-refractivity contribution in [3.8, 4) is 0 Å². The Hall–Kier alpha value is -2.10. The predicted molar refractivity (Wildman–Crippen MR) is 72.9 cm³/mol. The van der Waals surface area contributed by atoms with Crippen LogP contribution >= 0.6 is 0 Å². The van der Waals surface area contributed by atoms with Gasteiger partial charge >= 0.3 is 5.63 Å². The molecule has 0 amide bonds. The quantitative estimate of drug-likeness (QED) is 0.511. The second kappa shape index (κ2) is 5.04. The lowest BCUT2D eigenvalue weighted by atomic mass is 10.1. The van der Waals surface area contributed by atoms with Gasteiger partial charge in [-0.1, -0.05) is 32.0 Å². The number of amidine groups is 1. The summed E-state index contributed by atoms with van der Waals surface area (Å²) in [4.78, 5) is 16.0. The maximum Gasteiger partial charge on any atom is 0.347 e. The van der Waals surface area contributed by atoms with E-state index >= 15 is 0 Å². The number of benzene rings is 1. The number of nitrogens with zero attached hydrogens (tertiary/aromatic N) is 1. The highest BCUT2D eigenvalue weighted by Gasteiger charge is 2.08. The minimum atomic E-state index is -0.446. The minimum Gasteiger partial charge on any atom is -0.422 e. The minimum absolute atomic E-state index is 0.239. The summed E-state index contributed by atoms with van der Waals surface area (Å²) in [5.41, 5.74) is 6.27. The molecule has 0 saturated heterocycles. The lowest BCUT2D eigenvalue weighted by Crippen LogP contribution is -2.23. The second-order valence-electron chi connectivity index (χ2n) is 4.61. The fourth-order valence-electron chi connectivity index (χ4n) is 1.61. The Kier molecular flexibility index (Phi) is 3.46. The maximum absolute atomic E-state index is 11.8. The normalized spacial score (nSPS) is 12.3. The molecule has 1 aromatic heterocycles. The van der Waals surface area contributed by atoms with Crippen LogP contribution in [0.5, 0.6) is 0 Å². The molecule has 18 heavy (non-hydrogen) atoms. The van der Waals surface area contributed by atoms with E-state index in [1.807, 2.05) is 32.0 Å². The topological polar surface area (TPSA) is 68.6 Å². The van der Waals surface area contributed by atoms with E-state index in [0.717, 1.165) is 5.39 Å². The Balaban J connectivity index is 2.48. The van der Waals surface area contributed by atoms with Gasteiger partial charge < -0.3 is 10.2 Å². The first-order chi connectivity index (χ1) is 8.58. The van der Waals surface area contributed by atoms with Gasteiger partial charge in [-0.25, -0.2) is 4.79 Å². The summed E-state index contributed by atoms with van der Waals surface area (Å²) in [7, 11) is 0. The van der Waals surface area contributed by atoms with Crippen molar-refractivity contribution in [2.75, 3.05) is 6.54 Å². The highest BCUT2D eigenvalue weighted by atomic mass is 16.4. The molecule has 0 unspecified atom stereocenters. The van der Waals surface area contributed by atoms with Crippen molar-refractivity contribution in [1.29, 1.82) is 0 Å². The summed E-state index contributed by atoms with van der Waals surface area (Å²) >= 11 is 0. The van der Waals surface area contributed by atoms with E-state index in [1.165, 1.54) is 0 Å². The highest BCUT2D eigenvalue weighted by Crippen LogP contribution is 2.12. The van der Waals surface area contributed by atoms with Crippen molar-refractivity contribution in [1.82, 2.24) is 0 Å². The SMILES string of the molecule is CC(C)CN=C(N)c1cc2ccccc2oc1=O. The highest BCUT2D eigenvalue weighted by molar-refractivity contribution is 5.99. The summed E-state index contributed by atoms with van der Waals surface area (Å²) < 4.78 is 5.20. The fraction of sp³-hybridized carbons (Fsp3) is 0.286. The molecular formula is C14H16N2O2. The number of aliphatic imine (C=N–C) groups is 1. The summed E-state index contributed by atoms with van der Waals surface area (Å²) in [6.07, 6.45) is 0. The molecule has 2 rings (SSSR count). The monoisotopic (exact) mass is 244 g/mol. The molecule has 4 heteroatoms. The Morgan fingerprint density at radius 1 is 1.39 bits per heavy atom. The average molecular weight is 244 g/mol. The summed E-state index contributed by atoms with van der Waals surface area (Å²) in [5, 5.41) is 0.842. The molecule has 0 spiro atoms. The first-order valence-electron chi connectivity index (χ1n) is 5.91. The van der Waals surface area contributed by atoms with E-state index in [2.05, 4.69) is 4.99 Å². The van der Waals surface area contributed by atoms with Crippen molar-refractivity contribution < 1.29 is 4.42 Å². The molecule has 1 heterocycles. The van der Waals surface area contributed by atoms with Gasteiger partial charge in [0.2, 0.25) is 0 Å². The molecule has 0 radical (unpaired) electrons. The summed E-state index contributed by atoms with van der Waals surface area (Å²) in [6.45, 7) is 4.68. The molecule has 0 aliphatic carbocycles. The van der Waals surface area contributed by atoms with Gasteiger partial charge in [0.15, 0.2) is 0 Å². The molecule has 0 atom stereocenters. The van der Waals surface area contributed by atoms with Gasteiger partial charge in [-0.2, -0.15) is 0 Å². The Labute approximate surface area is 105 Å². The predicted octanol–water partition coefficient (Wildman–Crippen LogP) is 2.15. The van der Waals surface area contributed by atoms with Crippen LogP contribution in [0.4, 0.5) is 0 Å². The van der Waals surface area contributed by atoms with Gasteiger partial charge in [0, 0.05) is 11.9 Å². The first-order valence-corrected chi connectivity index (χ1v) is 5.91. The van der Waals surface area contributed by atoms with Crippen molar-refractivity contribution in [3.63, 3.8) is 0 Å². The van der Waals surface area contributed by atoms with Crippen molar-refractivity contribution in [2.45, 2.75) is 13.8 Å². The van der Waals surface area contributed by atoms with Crippen LogP contribution in [0.15, 0.2) is 44.5 Å². The van der Waals surface area contributed by atoms with E-state index in [1.54, 1.807) is 12.1 Å². The number of fused-ring (bicyclic) bond motifs is 1. The number of hydrogen-bond acceptors (Lipinski definition) is 3. The molecule has 2 N–H and O–H groups in total. The average Bonchev–Trinajstić information content (AvgIpc) is 2.35. The third-order valence-corrected chi connectivity index (χ3v) is 2.54. The van der Waals surface area contributed by atoms with Crippen molar-refractivity contribution in [2.24, 2.45) is 16.6 Å². The number of rotatable bonds is 3. The van der Waals surface area contributed by atoms with E-state index in [-0.39, 0.29) is 5.84 Å². The van der Waals surface area contributed by atoms with Crippen LogP contribution in [0.1, 0.15) is 19.4 Å². The van der Waals surface area contributed by atoms with Gasteiger partial charge in [-0.3, -0.25) is 4.99 Å². The Morgan fingerprint density at radius 2 is 2.11 bits per heavy atom. The van der Waals surface area contributed by atoms with E-state index < -0.39 is 5.63 Å². The van der Waals surface area contributed by atoms with Gasteiger partial charge in [0.25, 0.3) is 0 Å². The molecule has 1 aromatic carbocycles. The number of nitrogens with two attached hydrogens (primary N) is 1. The molecule has 0 saturated carbocycles. The van der Waals surface area contributed by atoms with Crippen LogP contribution in [0.2, 0.25) is 0 Å². The molecule has 0 aliphatic heterocycles. The summed E-state index contributed by atoms with van der Waals surface area (Å²) in [5.74, 6) is 0.638. The van der Waals surface area contributed by atoms with Crippen LogP contribution in [0, 0.1) is 5.92 Å². The third-order valence-electron chi connectivity index (χ3n) is 2.54. The lowest BCUT2D eigenvalue weighted by Gasteiger charge is -2.03. The maximum atomic E-state index is 11.8. The van der Waals surface area contributed by atoms with Crippen LogP contribution in [0.3, 0.4) is 0 Å². The fourth-order valence-corrected chi connectivity index (χ4v) is 1.61. The molecular weight excluding hydrogens is 228 g/mol. The van der Waals surface area contributed by atoms with Crippen LogP contribution in [-0.4, -0.2) is 12.4 Å². The zero-order chi connectivity index (χ0) is 13.1. The van der Waals surface area contributed by atoms with E-state index in [0.29, 0.717) is 23.6 Å². The molecule has 2 aromatic rings. The smallest absolute Gasteiger partial charge is 0.347 e. The Bertz CT molecular complexity index is 642. The molecule has 4 nitrogen and oxygen atoms in total. The van der Waals surface area contributed by atoms with E-state index in [9.17, 15) is 4.79 Å². The first kappa shape index (κ1) is 12.4.